The van der Waals surface area contributed by atoms with Gasteiger partial charge >= 0.3 is 0 Å². The van der Waals surface area contributed by atoms with Crippen LogP contribution in [-0.2, 0) is 6.42 Å². The highest BCUT2D eigenvalue weighted by Gasteiger charge is 2.18. The molecule has 3 aromatic rings. The van der Waals surface area contributed by atoms with Crippen LogP contribution in [0.15, 0.2) is 52.3 Å². The van der Waals surface area contributed by atoms with Crippen molar-refractivity contribution < 1.29 is 9.84 Å². The van der Waals surface area contributed by atoms with Crippen molar-refractivity contribution in [2.45, 2.75) is 13.3 Å². The average molecular weight is 405 g/mol. The lowest BCUT2D eigenvalue weighted by molar-refractivity contribution is 0.413. The number of aromatic nitrogens is 2. The number of nitrogens with one attached hydrogen (secondary N) is 1. The molecule has 2 N–H and O–H groups in total. The molecule has 1 aliphatic heterocycles. The molecule has 4 rings (SSSR count). The molecule has 29 heavy (non-hydrogen) atoms. The van der Waals surface area contributed by atoms with E-state index in [1.54, 1.807) is 43.7 Å². The summed E-state index contributed by atoms with van der Waals surface area (Å²) < 4.78 is 6.75. The number of rotatable bonds is 4. The Kier molecular flexibility index (Phi) is 4.90. The van der Waals surface area contributed by atoms with E-state index in [1.165, 1.54) is 4.57 Å². The van der Waals surface area contributed by atoms with Crippen LogP contribution in [0.3, 0.4) is 0 Å². The molecule has 6 nitrogen and oxygen atoms in total. The number of aryl methyl sites for hydroxylation is 1. The van der Waals surface area contributed by atoms with Crippen LogP contribution in [0.1, 0.15) is 23.6 Å². The van der Waals surface area contributed by atoms with Crippen LogP contribution in [-0.4, -0.2) is 28.0 Å². The monoisotopic (exact) mass is 405 g/mol. The number of methoxy groups -OCH3 is 1. The maximum Gasteiger partial charge on any atom is 0.262 e. The van der Waals surface area contributed by atoms with Gasteiger partial charge in [-0.2, -0.15) is 0 Å². The largest absolute Gasteiger partial charge is 0.497 e. The Morgan fingerprint density at radius 3 is 2.83 bits per heavy atom. The van der Waals surface area contributed by atoms with Gasteiger partial charge in [0.15, 0.2) is 4.77 Å². The third kappa shape index (κ3) is 3.30. The number of benzene rings is 2. The number of fused-ring (bicyclic) bond motifs is 1. The summed E-state index contributed by atoms with van der Waals surface area (Å²) in [6.45, 7) is 2.07. The third-order valence-corrected chi connectivity index (χ3v) is 5.16. The molecule has 0 unspecified atom stereocenters. The predicted molar refractivity (Wildman–Crippen MR) is 117 cm³/mol. The van der Waals surface area contributed by atoms with Gasteiger partial charge in [-0.15, -0.1) is 0 Å². The summed E-state index contributed by atoms with van der Waals surface area (Å²) in [4.78, 5) is 19.7. The molecule has 2 heterocycles. The van der Waals surface area contributed by atoms with Gasteiger partial charge in [0.1, 0.15) is 11.3 Å². The molecule has 0 amide bonds. The van der Waals surface area contributed by atoms with E-state index in [4.69, 9.17) is 17.0 Å². The van der Waals surface area contributed by atoms with Crippen molar-refractivity contribution in [3.63, 3.8) is 0 Å². The maximum absolute atomic E-state index is 12.6. The van der Waals surface area contributed by atoms with E-state index in [0.29, 0.717) is 11.4 Å². The molecule has 7 heteroatoms. The summed E-state index contributed by atoms with van der Waals surface area (Å²) in [5.74, 6) is 0.367. The molecule has 0 aliphatic carbocycles. The number of nitrogens with zero attached hydrogens (tertiary/aromatic N) is 2. The summed E-state index contributed by atoms with van der Waals surface area (Å²) in [5, 5.41) is 10.9. The Labute approximate surface area is 172 Å². The molecule has 2 aromatic carbocycles. The predicted octanol–water partition coefficient (Wildman–Crippen LogP) is 4.43. The number of para-hydroxylation sites is 1. The fraction of sp³-hybridized carbons (Fsp3) is 0.136. The second-order valence-electron chi connectivity index (χ2n) is 6.56. The number of ether oxygens (including phenoxy) is 1. The minimum atomic E-state index is -0.465. The van der Waals surface area contributed by atoms with Crippen molar-refractivity contribution in [3.8, 4) is 17.3 Å². The first kappa shape index (κ1) is 18.9. The maximum atomic E-state index is 12.6. The van der Waals surface area contributed by atoms with Crippen molar-refractivity contribution in [3.05, 3.63) is 74.3 Å². The van der Waals surface area contributed by atoms with Crippen molar-refractivity contribution >= 4 is 35.8 Å². The Bertz CT molecular complexity index is 1290. The Morgan fingerprint density at radius 2 is 2.07 bits per heavy atom. The topological polar surface area (TPSA) is 79.6 Å². The first-order valence-corrected chi connectivity index (χ1v) is 9.55. The van der Waals surface area contributed by atoms with Crippen LogP contribution >= 0.6 is 12.2 Å². The smallest absolute Gasteiger partial charge is 0.262 e. The molecule has 0 radical (unpaired) electrons. The molecule has 1 aromatic heterocycles. The molecule has 0 spiro atoms. The van der Waals surface area contributed by atoms with Gasteiger partial charge in [0, 0.05) is 23.4 Å². The lowest BCUT2D eigenvalue weighted by atomic mass is 10.0. The van der Waals surface area contributed by atoms with Gasteiger partial charge in [0.05, 0.1) is 18.5 Å². The minimum absolute atomic E-state index is 0.0941. The molecular formula is C22H19N3O3S. The summed E-state index contributed by atoms with van der Waals surface area (Å²) in [5.41, 5.74) is 3.94. The number of aliphatic imine (C=N–C) groups is 1. The van der Waals surface area contributed by atoms with E-state index in [2.05, 4.69) is 16.9 Å². The first-order valence-electron chi connectivity index (χ1n) is 9.14. The second-order valence-corrected chi connectivity index (χ2v) is 6.94. The second kappa shape index (κ2) is 7.52. The third-order valence-electron chi connectivity index (χ3n) is 4.88. The fourth-order valence-electron chi connectivity index (χ4n) is 3.39. The molecule has 0 saturated carbocycles. The van der Waals surface area contributed by atoms with Gasteiger partial charge in [0.2, 0.25) is 5.88 Å². The van der Waals surface area contributed by atoms with E-state index >= 15 is 0 Å². The number of hydrogen-bond acceptors (Lipinski definition) is 5. The molecule has 1 aliphatic rings. The van der Waals surface area contributed by atoms with Gasteiger partial charge in [-0.25, -0.2) is 0 Å². The van der Waals surface area contributed by atoms with Gasteiger partial charge in [-0.1, -0.05) is 31.2 Å². The highest BCUT2D eigenvalue weighted by Crippen LogP contribution is 2.36. The van der Waals surface area contributed by atoms with Gasteiger partial charge in [-0.05, 0) is 42.4 Å². The standard InChI is InChI=1S/C22H19N3O3S/c1-3-13-6-4-9-17-14(12-23-19(13)17)10-18-20(26)24-22(29)25(21(18)27)15-7-5-8-16(11-15)28-2/h4-12,27H,3H2,1-2H3,(H,24,26,29). The van der Waals surface area contributed by atoms with Crippen LogP contribution in [0.25, 0.3) is 17.3 Å². The van der Waals surface area contributed by atoms with Crippen molar-refractivity contribution in [1.82, 2.24) is 9.55 Å². The summed E-state index contributed by atoms with van der Waals surface area (Å²) >= 11 is 5.29. The zero-order chi connectivity index (χ0) is 20.5. The first-order chi connectivity index (χ1) is 14.0. The number of hydrogen-bond donors (Lipinski definition) is 2. The highest BCUT2D eigenvalue weighted by molar-refractivity contribution is 7.71. The summed E-state index contributed by atoms with van der Waals surface area (Å²) in [6.07, 6.45) is 4.20. The van der Waals surface area contributed by atoms with Crippen LogP contribution in [0.4, 0.5) is 5.69 Å². The molecule has 0 saturated heterocycles. The van der Waals surface area contributed by atoms with Crippen molar-refractivity contribution in [1.29, 1.82) is 0 Å². The fourth-order valence-corrected chi connectivity index (χ4v) is 3.68. The number of H-pyrrole nitrogens is 1. The van der Waals surface area contributed by atoms with E-state index in [0.717, 1.165) is 28.8 Å². The van der Waals surface area contributed by atoms with E-state index in [1.807, 2.05) is 18.2 Å². The van der Waals surface area contributed by atoms with E-state index in [-0.39, 0.29) is 16.2 Å². The van der Waals surface area contributed by atoms with Crippen LogP contribution in [0.2, 0.25) is 0 Å². The van der Waals surface area contributed by atoms with Gasteiger partial charge in [-0.3, -0.25) is 19.3 Å². The van der Waals surface area contributed by atoms with Gasteiger partial charge < -0.3 is 9.84 Å². The van der Waals surface area contributed by atoms with Crippen LogP contribution < -0.4 is 10.3 Å². The lowest BCUT2D eigenvalue weighted by Gasteiger charge is -2.12. The Hall–Kier alpha value is -3.45. The quantitative estimate of drug-likeness (QED) is 0.630. The molecule has 146 valence electrons. The molecular weight excluding hydrogens is 386 g/mol. The molecule has 0 bridgehead atoms. The summed E-state index contributed by atoms with van der Waals surface area (Å²) in [6, 6.07) is 13.0. The minimum Gasteiger partial charge on any atom is -0.497 e. The SMILES string of the molecule is CCc1cccc2c1N=CC2=Cc1c(O)n(-c2cccc(OC)c2)c(=S)[nH]c1=O. The zero-order valence-electron chi connectivity index (χ0n) is 16.0. The highest BCUT2D eigenvalue weighted by atomic mass is 32.1. The van der Waals surface area contributed by atoms with Crippen molar-refractivity contribution in [2.75, 3.05) is 7.11 Å². The Balaban J connectivity index is 1.90. The normalized spacial score (nSPS) is 13.7. The molecule has 0 atom stereocenters. The van der Waals surface area contributed by atoms with Crippen LogP contribution in [0, 0.1) is 4.77 Å². The number of allylic oxidation sites excluding steroid dienone is 1. The van der Waals surface area contributed by atoms with Crippen molar-refractivity contribution in [2.24, 2.45) is 4.99 Å². The number of aromatic hydroxyl groups is 1. The average Bonchev–Trinajstić information content (AvgIpc) is 3.14. The number of aromatic amines is 1. The zero-order valence-corrected chi connectivity index (χ0v) is 16.8. The Morgan fingerprint density at radius 1 is 1.28 bits per heavy atom. The van der Waals surface area contributed by atoms with Crippen LogP contribution in [0.5, 0.6) is 11.6 Å². The lowest BCUT2D eigenvalue weighted by Crippen LogP contribution is -2.16. The van der Waals surface area contributed by atoms with E-state index in [9.17, 15) is 9.90 Å². The van der Waals surface area contributed by atoms with Gasteiger partial charge in [0.25, 0.3) is 5.56 Å². The van der Waals surface area contributed by atoms with E-state index < -0.39 is 5.56 Å². The summed E-state index contributed by atoms with van der Waals surface area (Å²) in [7, 11) is 1.56. The molecule has 0 fully saturated rings.